The summed E-state index contributed by atoms with van der Waals surface area (Å²) >= 11 is 0. The topological polar surface area (TPSA) is 56.8 Å². The number of hydrogen-bond donors (Lipinski definition) is 1. The van der Waals surface area contributed by atoms with Crippen molar-refractivity contribution in [2.75, 3.05) is 13.7 Å². The number of methoxy groups -OCH3 is 1. The predicted octanol–water partition coefficient (Wildman–Crippen LogP) is 3.74. The van der Waals surface area contributed by atoms with Gasteiger partial charge in [-0.25, -0.2) is 0 Å². The molecule has 0 aromatic heterocycles. The maximum atomic E-state index is 12.8. The first-order chi connectivity index (χ1) is 12.6. The number of benzene rings is 2. The van der Waals surface area contributed by atoms with Gasteiger partial charge in [0.1, 0.15) is 12.4 Å². The van der Waals surface area contributed by atoms with E-state index in [0.29, 0.717) is 17.4 Å². The number of ether oxygens (including phenoxy) is 3. The Morgan fingerprint density at radius 3 is 2.50 bits per heavy atom. The van der Waals surface area contributed by atoms with E-state index < -0.39 is 6.10 Å². The average Bonchev–Trinajstić information content (AvgIpc) is 2.66. The van der Waals surface area contributed by atoms with Crippen molar-refractivity contribution >= 4 is 5.91 Å². The minimum Gasteiger partial charge on any atom is -0.497 e. The third-order valence-corrected chi connectivity index (χ3v) is 4.34. The maximum absolute atomic E-state index is 12.8. The number of rotatable bonds is 6. The monoisotopic (exact) mass is 355 g/mol. The van der Waals surface area contributed by atoms with Crippen LogP contribution in [-0.4, -0.2) is 25.7 Å². The summed E-state index contributed by atoms with van der Waals surface area (Å²) in [5.74, 6) is 2.34. The van der Waals surface area contributed by atoms with Crippen LogP contribution < -0.4 is 19.5 Å². The van der Waals surface area contributed by atoms with Gasteiger partial charge in [0.15, 0.2) is 11.5 Å². The summed E-state index contributed by atoms with van der Waals surface area (Å²) in [6.45, 7) is 4.48. The molecule has 5 heteroatoms. The van der Waals surface area contributed by atoms with Gasteiger partial charge >= 0.3 is 0 Å². The molecule has 26 heavy (non-hydrogen) atoms. The first-order valence-corrected chi connectivity index (χ1v) is 8.89. The summed E-state index contributed by atoms with van der Waals surface area (Å²) in [7, 11) is 1.64. The molecule has 1 aliphatic heterocycles. The van der Waals surface area contributed by atoms with Crippen molar-refractivity contribution in [1.82, 2.24) is 5.32 Å². The molecule has 5 nitrogen and oxygen atoms in total. The maximum Gasteiger partial charge on any atom is 0.265 e. The molecule has 1 aliphatic rings. The van der Waals surface area contributed by atoms with Gasteiger partial charge in [-0.1, -0.05) is 38.1 Å². The molecular formula is C21H25NO4. The standard InChI is InChI=1S/C21H25NO4/c1-14(2)12-17(15-8-10-16(24-3)11-9-15)22-21(23)20-13-25-18-6-4-5-7-19(18)26-20/h4-11,14,17,20H,12-13H2,1-3H3,(H,22,23). The Balaban J connectivity index is 1.71. The third kappa shape index (κ3) is 4.28. The Labute approximate surface area is 154 Å². The summed E-state index contributed by atoms with van der Waals surface area (Å²) in [5, 5.41) is 3.12. The molecule has 3 rings (SSSR count). The van der Waals surface area contributed by atoms with E-state index in [9.17, 15) is 4.79 Å². The lowest BCUT2D eigenvalue weighted by Gasteiger charge is -2.28. The predicted molar refractivity (Wildman–Crippen MR) is 99.7 cm³/mol. The van der Waals surface area contributed by atoms with E-state index in [4.69, 9.17) is 14.2 Å². The van der Waals surface area contributed by atoms with E-state index in [2.05, 4.69) is 19.2 Å². The lowest BCUT2D eigenvalue weighted by atomic mass is 9.96. The summed E-state index contributed by atoms with van der Waals surface area (Å²) in [5.41, 5.74) is 1.05. The number of nitrogens with one attached hydrogen (secondary N) is 1. The van der Waals surface area contributed by atoms with Crippen molar-refractivity contribution in [3.05, 3.63) is 54.1 Å². The Morgan fingerprint density at radius 2 is 1.85 bits per heavy atom. The number of fused-ring (bicyclic) bond motifs is 1. The Hall–Kier alpha value is -2.69. The minimum absolute atomic E-state index is 0.0887. The number of carbonyl (C=O) groups excluding carboxylic acids is 1. The molecule has 138 valence electrons. The number of carbonyl (C=O) groups is 1. The smallest absolute Gasteiger partial charge is 0.265 e. The van der Waals surface area contributed by atoms with Crippen molar-refractivity contribution in [3.8, 4) is 17.2 Å². The van der Waals surface area contributed by atoms with Crippen LogP contribution in [0.1, 0.15) is 31.9 Å². The molecule has 2 aromatic rings. The van der Waals surface area contributed by atoms with Crippen LogP contribution in [0.2, 0.25) is 0 Å². The van der Waals surface area contributed by atoms with Crippen molar-refractivity contribution in [2.24, 2.45) is 5.92 Å². The van der Waals surface area contributed by atoms with Gasteiger partial charge in [-0.15, -0.1) is 0 Å². The zero-order valence-corrected chi connectivity index (χ0v) is 15.4. The highest BCUT2D eigenvalue weighted by Gasteiger charge is 2.29. The first-order valence-electron chi connectivity index (χ1n) is 8.89. The van der Waals surface area contributed by atoms with E-state index in [0.717, 1.165) is 17.7 Å². The molecule has 0 saturated carbocycles. The largest absolute Gasteiger partial charge is 0.497 e. The van der Waals surface area contributed by atoms with Crippen LogP contribution in [0, 0.1) is 5.92 Å². The van der Waals surface area contributed by atoms with Crippen LogP contribution in [-0.2, 0) is 4.79 Å². The molecule has 2 aromatic carbocycles. The molecule has 2 atom stereocenters. The second-order valence-electron chi connectivity index (χ2n) is 6.83. The Kier molecular flexibility index (Phi) is 5.66. The quantitative estimate of drug-likeness (QED) is 0.858. The lowest BCUT2D eigenvalue weighted by Crippen LogP contribution is -2.45. The van der Waals surface area contributed by atoms with Crippen molar-refractivity contribution in [1.29, 1.82) is 0 Å². The molecule has 0 fully saturated rings. The van der Waals surface area contributed by atoms with E-state index >= 15 is 0 Å². The second kappa shape index (κ2) is 8.13. The summed E-state index contributed by atoms with van der Waals surface area (Å²) in [6.07, 6.45) is 0.181. The molecule has 0 saturated heterocycles. The summed E-state index contributed by atoms with van der Waals surface area (Å²) < 4.78 is 16.7. The van der Waals surface area contributed by atoms with E-state index in [1.54, 1.807) is 7.11 Å². The zero-order chi connectivity index (χ0) is 18.5. The molecule has 1 heterocycles. The van der Waals surface area contributed by atoms with Gasteiger partial charge in [0.25, 0.3) is 5.91 Å². The Morgan fingerprint density at radius 1 is 1.15 bits per heavy atom. The molecule has 0 bridgehead atoms. The summed E-state index contributed by atoms with van der Waals surface area (Å²) in [4.78, 5) is 12.8. The minimum atomic E-state index is -0.655. The van der Waals surface area contributed by atoms with Crippen LogP contribution in [0.4, 0.5) is 0 Å². The molecule has 2 unspecified atom stereocenters. The first kappa shape index (κ1) is 18.1. The van der Waals surface area contributed by atoms with Gasteiger partial charge in [0.2, 0.25) is 6.10 Å². The fourth-order valence-corrected chi connectivity index (χ4v) is 3.00. The number of hydrogen-bond acceptors (Lipinski definition) is 4. The van der Waals surface area contributed by atoms with E-state index in [1.165, 1.54) is 0 Å². The number of para-hydroxylation sites is 2. The van der Waals surface area contributed by atoms with E-state index in [-0.39, 0.29) is 18.6 Å². The SMILES string of the molecule is COc1ccc(C(CC(C)C)NC(=O)C2COc3ccccc3O2)cc1. The Bertz CT molecular complexity index is 742. The van der Waals surface area contributed by atoms with Crippen LogP contribution in [0.3, 0.4) is 0 Å². The average molecular weight is 355 g/mol. The van der Waals surface area contributed by atoms with Crippen LogP contribution in [0.25, 0.3) is 0 Å². The van der Waals surface area contributed by atoms with Crippen molar-refractivity contribution in [2.45, 2.75) is 32.4 Å². The lowest BCUT2D eigenvalue weighted by molar-refractivity contribution is -0.131. The highest BCUT2D eigenvalue weighted by Crippen LogP contribution is 2.31. The third-order valence-electron chi connectivity index (χ3n) is 4.34. The van der Waals surface area contributed by atoms with Crippen molar-refractivity contribution < 1.29 is 19.0 Å². The highest BCUT2D eigenvalue weighted by atomic mass is 16.6. The van der Waals surface area contributed by atoms with Gasteiger partial charge in [-0.2, -0.15) is 0 Å². The second-order valence-corrected chi connectivity index (χ2v) is 6.83. The summed E-state index contributed by atoms with van der Waals surface area (Å²) in [6, 6.07) is 15.1. The zero-order valence-electron chi connectivity index (χ0n) is 15.4. The molecule has 0 radical (unpaired) electrons. The van der Waals surface area contributed by atoms with Crippen molar-refractivity contribution in [3.63, 3.8) is 0 Å². The fraction of sp³-hybridized carbons (Fsp3) is 0.381. The number of amides is 1. The van der Waals surface area contributed by atoms with Crippen LogP contribution >= 0.6 is 0 Å². The molecule has 0 aliphatic carbocycles. The molecular weight excluding hydrogens is 330 g/mol. The molecule has 0 spiro atoms. The van der Waals surface area contributed by atoms with Gasteiger partial charge in [0.05, 0.1) is 13.2 Å². The highest BCUT2D eigenvalue weighted by molar-refractivity contribution is 5.82. The molecule has 1 amide bonds. The van der Waals surface area contributed by atoms with Gasteiger partial charge < -0.3 is 19.5 Å². The van der Waals surface area contributed by atoms with Crippen LogP contribution in [0.5, 0.6) is 17.2 Å². The van der Waals surface area contributed by atoms with E-state index in [1.807, 2.05) is 48.5 Å². The van der Waals surface area contributed by atoms with Gasteiger partial charge in [-0.05, 0) is 42.2 Å². The van der Waals surface area contributed by atoms with Gasteiger partial charge in [-0.3, -0.25) is 4.79 Å². The molecule has 1 N–H and O–H groups in total. The van der Waals surface area contributed by atoms with Crippen LogP contribution in [0.15, 0.2) is 48.5 Å². The fourth-order valence-electron chi connectivity index (χ4n) is 3.00. The van der Waals surface area contributed by atoms with Gasteiger partial charge in [0, 0.05) is 0 Å². The normalized spacial score (nSPS) is 16.8.